The van der Waals surface area contributed by atoms with E-state index < -0.39 is 18.2 Å². The quantitative estimate of drug-likeness (QED) is 0.347. The molecular weight excluding hydrogens is 598 g/mol. The van der Waals surface area contributed by atoms with Gasteiger partial charge >= 0.3 is 6.18 Å². The lowest BCUT2D eigenvalue weighted by Crippen LogP contribution is -2.53. The van der Waals surface area contributed by atoms with Crippen LogP contribution in [-0.2, 0) is 4.74 Å². The van der Waals surface area contributed by atoms with E-state index in [-0.39, 0.29) is 41.2 Å². The fourth-order valence-electron chi connectivity index (χ4n) is 5.08. The number of hydrogen-bond donors (Lipinski definition) is 3. The number of halogens is 5. The molecule has 0 unspecified atom stereocenters. The van der Waals surface area contributed by atoms with Crippen LogP contribution in [0.3, 0.4) is 0 Å². The van der Waals surface area contributed by atoms with Gasteiger partial charge < -0.3 is 30.3 Å². The number of nitrogens with zero attached hydrogens (tertiary/aromatic N) is 5. The number of aliphatic hydroxyl groups is 1. The lowest BCUT2D eigenvalue weighted by Gasteiger charge is -2.37. The Morgan fingerprint density at radius 1 is 1.24 bits per heavy atom. The van der Waals surface area contributed by atoms with E-state index in [9.17, 15) is 23.1 Å². The summed E-state index contributed by atoms with van der Waals surface area (Å²) in [6, 6.07) is 9.21. The van der Waals surface area contributed by atoms with Crippen molar-refractivity contribution < 1.29 is 27.8 Å². The van der Waals surface area contributed by atoms with Gasteiger partial charge in [-0.3, -0.25) is 9.69 Å². The Morgan fingerprint density at radius 2 is 1.98 bits per heavy atom. The maximum atomic E-state index is 13.7. The Morgan fingerprint density at radius 3 is 2.67 bits per heavy atom. The Bertz CT molecular complexity index is 1460. The second kappa shape index (κ2) is 12.1. The van der Waals surface area contributed by atoms with Crippen LogP contribution in [0.1, 0.15) is 22.0 Å². The number of nitrogens with one attached hydrogen (secondary N) is 2. The molecule has 0 aliphatic carbocycles. The predicted octanol–water partition coefficient (Wildman–Crippen LogP) is 4.60. The molecule has 2 atom stereocenters. The van der Waals surface area contributed by atoms with Gasteiger partial charge in [-0.25, -0.2) is 4.98 Å². The largest absolute Gasteiger partial charge is 0.418 e. The molecule has 2 aliphatic rings. The van der Waals surface area contributed by atoms with Crippen molar-refractivity contribution in [1.82, 2.24) is 15.3 Å². The summed E-state index contributed by atoms with van der Waals surface area (Å²) in [5.41, 5.74) is 0.749. The van der Waals surface area contributed by atoms with Gasteiger partial charge in [0.1, 0.15) is 11.4 Å². The van der Waals surface area contributed by atoms with Gasteiger partial charge in [-0.2, -0.15) is 18.2 Å². The van der Waals surface area contributed by atoms with Crippen LogP contribution >= 0.6 is 23.2 Å². The summed E-state index contributed by atoms with van der Waals surface area (Å²) in [7, 11) is 3.28. The van der Waals surface area contributed by atoms with Gasteiger partial charge in [0.15, 0.2) is 6.10 Å². The summed E-state index contributed by atoms with van der Waals surface area (Å²) >= 11 is 12.7. The van der Waals surface area contributed by atoms with Crippen molar-refractivity contribution in [2.24, 2.45) is 0 Å². The van der Waals surface area contributed by atoms with E-state index in [1.54, 1.807) is 48.2 Å². The first-order valence-corrected chi connectivity index (χ1v) is 13.7. The van der Waals surface area contributed by atoms with Crippen LogP contribution in [0.5, 0.6) is 0 Å². The van der Waals surface area contributed by atoms with Gasteiger partial charge in [-0.05, 0) is 30.3 Å². The van der Waals surface area contributed by atoms with Crippen molar-refractivity contribution >= 4 is 57.9 Å². The third kappa shape index (κ3) is 6.06. The third-order valence-corrected chi connectivity index (χ3v) is 7.63. The summed E-state index contributed by atoms with van der Waals surface area (Å²) < 4.78 is 46.3. The monoisotopic (exact) mass is 625 g/mol. The highest BCUT2D eigenvalue weighted by Gasteiger charge is 2.41. The number of piperazine rings is 1. The van der Waals surface area contributed by atoms with Crippen molar-refractivity contribution in [1.29, 1.82) is 0 Å². The summed E-state index contributed by atoms with van der Waals surface area (Å²) in [6.45, 7) is 1.89. The Kier molecular flexibility index (Phi) is 8.67. The first-order valence-electron chi connectivity index (χ1n) is 12.9. The zero-order chi connectivity index (χ0) is 30.2. The number of aliphatic hydroxyl groups excluding tert-OH is 1. The second-order valence-electron chi connectivity index (χ2n) is 9.97. The molecule has 2 aromatic carbocycles. The van der Waals surface area contributed by atoms with E-state index in [1.165, 1.54) is 23.2 Å². The second-order valence-corrected chi connectivity index (χ2v) is 10.8. The topological polar surface area (TPSA) is 106 Å². The Hall–Kier alpha value is -3.36. The minimum atomic E-state index is -4.88. The number of carbonyl (C=O) groups is 1. The number of aromatic nitrogens is 2. The number of alkyl halides is 3. The van der Waals surface area contributed by atoms with Gasteiger partial charge in [0, 0.05) is 63.0 Å². The number of amides is 1. The number of hydrogen-bond acceptors (Lipinski definition) is 9. The van der Waals surface area contributed by atoms with Crippen molar-refractivity contribution in [2.45, 2.75) is 18.3 Å². The van der Waals surface area contributed by atoms with E-state index in [0.717, 1.165) is 0 Å². The number of anilines is 5. The molecule has 3 aromatic rings. The maximum Gasteiger partial charge on any atom is 0.418 e. The zero-order valence-corrected chi connectivity index (χ0v) is 24.1. The molecule has 10 nitrogen and oxygen atoms in total. The van der Waals surface area contributed by atoms with Crippen LogP contribution in [0.15, 0.2) is 42.6 Å². The van der Waals surface area contributed by atoms with Crippen LogP contribution in [-0.4, -0.2) is 80.3 Å². The van der Waals surface area contributed by atoms with Gasteiger partial charge in [0.05, 0.1) is 29.0 Å². The summed E-state index contributed by atoms with van der Waals surface area (Å²) in [5, 5.41) is 17.1. The average Bonchev–Trinajstić information content (AvgIpc) is 2.95. The number of benzene rings is 2. The van der Waals surface area contributed by atoms with Crippen molar-refractivity contribution in [2.75, 3.05) is 67.1 Å². The normalized spacial score (nSPS) is 18.2. The molecule has 15 heteroatoms. The van der Waals surface area contributed by atoms with E-state index in [0.29, 0.717) is 47.8 Å². The van der Waals surface area contributed by atoms with Crippen molar-refractivity contribution in [3.63, 3.8) is 0 Å². The average molecular weight is 626 g/mol. The van der Waals surface area contributed by atoms with Crippen LogP contribution in [0.4, 0.5) is 42.0 Å². The van der Waals surface area contributed by atoms with E-state index in [4.69, 9.17) is 27.9 Å². The Balaban J connectivity index is 1.43. The SMILES string of the molecule is COC[C@H]1CN(c2ccc(Nc3ncc4c(n3)N(C)CN(c3c(Cl)cccc3Cl)C4=O)cc2[C@@H](O)C(F)(F)F)CCN1. The molecule has 3 heterocycles. The molecular formula is C27H28Cl2F3N7O3. The molecule has 224 valence electrons. The fraction of sp³-hybridized carbons (Fsp3) is 0.370. The summed E-state index contributed by atoms with van der Waals surface area (Å²) in [4.78, 5) is 26.9. The molecule has 0 radical (unpaired) electrons. The first-order chi connectivity index (χ1) is 20.0. The molecule has 0 spiro atoms. The summed E-state index contributed by atoms with van der Waals surface area (Å²) in [5.74, 6) is -0.0401. The number of para-hydroxylation sites is 1. The fourth-order valence-corrected chi connectivity index (χ4v) is 5.69. The molecule has 0 saturated carbocycles. The van der Waals surface area contributed by atoms with Gasteiger partial charge in [-0.15, -0.1) is 0 Å². The zero-order valence-electron chi connectivity index (χ0n) is 22.6. The molecule has 1 fully saturated rings. The van der Waals surface area contributed by atoms with Gasteiger partial charge in [-0.1, -0.05) is 29.3 Å². The van der Waals surface area contributed by atoms with E-state index in [1.807, 2.05) is 0 Å². The van der Waals surface area contributed by atoms with Crippen molar-refractivity contribution in [3.8, 4) is 0 Å². The molecule has 0 bridgehead atoms. The smallest absolute Gasteiger partial charge is 0.383 e. The number of carbonyl (C=O) groups excluding carboxylic acids is 1. The minimum Gasteiger partial charge on any atom is -0.383 e. The maximum absolute atomic E-state index is 13.7. The van der Waals surface area contributed by atoms with Crippen LogP contribution in [0.25, 0.3) is 0 Å². The van der Waals surface area contributed by atoms with Gasteiger partial charge in [0.2, 0.25) is 5.95 Å². The van der Waals surface area contributed by atoms with E-state index >= 15 is 0 Å². The van der Waals surface area contributed by atoms with Crippen LogP contribution in [0.2, 0.25) is 10.0 Å². The van der Waals surface area contributed by atoms with Crippen LogP contribution in [0, 0.1) is 0 Å². The highest BCUT2D eigenvalue weighted by molar-refractivity contribution is 6.40. The van der Waals surface area contributed by atoms with E-state index in [2.05, 4.69) is 20.6 Å². The number of ether oxygens (including phenoxy) is 1. The minimum absolute atomic E-state index is 0.0557. The molecule has 2 aliphatic heterocycles. The predicted molar refractivity (Wildman–Crippen MR) is 155 cm³/mol. The number of methoxy groups -OCH3 is 1. The molecule has 1 aromatic heterocycles. The first kappa shape index (κ1) is 30.1. The third-order valence-electron chi connectivity index (χ3n) is 7.02. The Labute approximate surface area is 250 Å². The highest BCUT2D eigenvalue weighted by Crippen LogP contribution is 2.40. The summed E-state index contributed by atoms with van der Waals surface area (Å²) in [6.07, 6.45) is -6.26. The standard InChI is InChI=1S/C27H28Cl2F3N7O3/c1-37-14-39(22-19(28)4-3-5-20(22)29)25(41)18-11-34-26(36-24(18)37)35-15-6-7-21(17(10-15)23(40)27(30,31)32)38-9-8-33-16(12-38)13-42-2/h3-7,10-11,16,23,33,40H,8-9,12-14H2,1-2H3,(H,34,35,36)/t16-,23-/m1/s1. The van der Waals surface area contributed by atoms with Gasteiger partial charge in [0.25, 0.3) is 5.91 Å². The number of rotatable bonds is 7. The van der Waals surface area contributed by atoms with Crippen LogP contribution < -0.4 is 25.3 Å². The number of fused-ring (bicyclic) bond motifs is 1. The lowest BCUT2D eigenvalue weighted by atomic mass is 10.0. The molecule has 1 amide bonds. The molecule has 5 rings (SSSR count). The molecule has 42 heavy (non-hydrogen) atoms. The lowest BCUT2D eigenvalue weighted by molar-refractivity contribution is -0.206. The molecule has 3 N–H and O–H groups in total. The van der Waals surface area contributed by atoms with Crippen molar-refractivity contribution in [3.05, 3.63) is 63.8 Å². The highest BCUT2D eigenvalue weighted by atomic mass is 35.5. The molecule has 1 saturated heterocycles.